The van der Waals surface area contributed by atoms with Gasteiger partial charge in [0, 0.05) is 29.9 Å². The zero-order valence-corrected chi connectivity index (χ0v) is 16.9. The van der Waals surface area contributed by atoms with Crippen LogP contribution in [0, 0.1) is 20.8 Å². The van der Waals surface area contributed by atoms with Crippen LogP contribution in [0.1, 0.15) is 57.2 Å². The van der Waals surface area contributed by atoms with Crippen molar-refractivity contribution < 1.29 is 19.1 Å². The van der Waals surface area contributed by atoms with Crippen LogP contribution in [-0.2, 0) is 16.6 Å². The first-order chi connectivity index (χ1) is 12.5. The highest BCUT2D eigenvalue weighted by Gasteiger charge is 2.25. The maximum absolute atomic E-state index is 12.6. The van der Waals surface area contributed by atoms with Gasteiger partial charge in [0.15, 0.2) is 11.9 Å². The number of nitrogens with one attached hydrogen (secondary N) is 1. The zero-order chi connectivity index (χ0) is 20.5. The fourth-order valence-electron chi connectivity index (χ4n) is 2.98. The molecule has 0 aromatic carbocycles. The molecule has 0 radical (unpaired) electrons. The highest BCUT2D eigenvalue weighted by molar-refractivity contribution is 6.31. The molecule has 2 rings (SSSR count). The predicted octanol–water partition coefficient (Wildman–Crippen LogP) is 3.36. The Morgan fingerprint density at radius 2 is 1.89 bits per heavy atom. The monoisotopic (exact) mass is 391 g/mol. The fraction of sp³-hybridized carbons (Fsp3) is 0.368. The van der Waals surface area contributed by atoms with Crippen molar-refractivity contribution in [3.8, 4) is 0 Å². The minimum atomic E-state index is -1.01. The van der Waals surface area contributed by atoms with Gasteiger partial charge in [-0.3, -0.25) is 14.3 Å². The van der Waals surface area contributed by atoms with Crippen LogP contribution in [0.25, 0.3) is 6.08 Å². The molecule has 0 saturated heterocycles. The molecule has 0 fully saturated rings. The molecule has 8 heteroatoms. The minimum Gasteiger partial charge on any atom is -0.451 e. The van der Waals surface area contributed by atoms with E-state index in [4.69, 9.17) is 16.3 Å². The van der Waals surface area contributed by atoms with Crippen molar-refractivity contribution in [2.45, 2.75) is 40.7 Å². The summed E-state index contributed by atoms with van der Waals surface area (Å²) in [6.07, 6.45) is 1.69. The van der Waals surface area contributed by atoms with Gasteiger partial charge in [-0.15, -0.1) is 0 Å². The number of ether oxygens (including phenoxy) is 1. The summed E-state index contributed by atoms with van der Waals surface area (Å²) in [5, 5.41) is 4.55. The van der Waals surface area contributed by atoms with E-state index in [1.807, 2.05) is 0 Å². The van der Waals surface area contributed by atoms with Gasteiger partial charge in [0.05, 0.1) is 11.4 Å². The second kappa shape index (κ2) is 7.92. The number of esters is 1. The number of aromatic amines is 1. The number of aryl methyl sites for hydroxylation is 3. The molecular weight excluding hydrogens is 370 g/mol. The maximum atomic E-state index is 12.6. The Kier molecular flexibility index (Phi) is 6.05. The van der Waals surface area contributed by atoms with Gasteiger partial charge in [-0.25, -0.2) is 4.79 Å². The number of carbonyl (C=O) groups excluding carboxylic acids is 3. The lowest BCUT2D eigenvalue weighted by Gasteiger charge is -2.10. The van der Waals surface area contributed by atoms with Gasteiger partial charge in [-0.05, 0) is 46.3 Å². The van der Waals surface area contributed by atoms with Crippen LogP contribution in [0.2, 0.25) is 5.15 Å². The smallest absolute Gasteiger partial charge is 0.331 e. The number of halogens is 1. The number of aromatic nitrogens is 3. The van der Waals surface area contributed by atoms with Crippen LogP contribution in [0.3, 0.4) is 0 Å². The van der Waals surface area contributed by atoms with E-state index in [1.165, 1.54) is 30.7 Å². The van der Waals surface area contributed by atoms with Crippen LogP contribution >= 0.6 is 11.6 Å². The average molecular weight is 392 g/mol. The van der Waals surface area contributed by atoms with Crippen molar-refractivity contribution >= 4 is 35.2 Å². The molecule has 1 atom stereocenters. The largest absolute Gasteiger partial charge is 0.451 e. The Bertz CT molecular complexity index is 953. The molecule has 144 valence electrons. The van der Waals surface area contributed by atoms with Gasteiger partial charge < -0.3 is 9.72 Å². The van der Waals surface area contributed by atoms with Gasteiger partial charge in [-0.1, -0.05) is 11.6 Å². The highest BCUT2D eigenvalue weighted by atomic mass is 35.5. The molecule has 1 unspecified atom stereocenters. The van der Waals surface area contributed by atoms with Crippen molar-refractivity contribution in [3.05, 3.63) is 45.0 Å². The summed E-state index contributed by atoms with van der Waals surface area (Å²) in [5.74, 6) is -1.21. The first kappa shape index (κ1) is 20.6. The Balaban J connectivity index is 2.12. The van der Waals surface area contributed by atoms with Gasteiger partial charge in [-0.2, -0.15) is 5.10 Å². The summed E-state index contributed by atoms with van der Waals surface area (Å²) >= 11 is 6.11. The van der Waals surface area contributed by atoms with Crippen molar-refractivity contribution in [2.75, 3.05) is 0 Å². The number of carbonyl (C=O) groups is 3. The van der Waals surface area contributed by atoms with Crippen LogP contribution in [0.15, 0.2) is 6.08 Å². The summed E-state index contributed by atoms with van der Waals surface area (Å²) in [5.41, 5.74) is 3.21. The first-order valence-corrected chi connectivity index (χ1v) is 8.74. The normalized spacial score (nSPS) is 12.4. The Morgan fingerprint density at radius 1 is 1.26 bits per heavy atom. The van der Waals surface area contributed by atoms with Gasteiger partial charge in [0.1, 0.15) is 5.15 Å². The summed E-state index contributed by atoms with van der Waals surface area (Å²) in [6, 6.07) is 0. The van der Waals surface area contributed by atoms with E-state index < -0.39 is 17.9 Å². The standard InChI is InChI=1S/C19H22ClN3O4/c1-9-16(12(4)24)11(3)21-17(9)18(26)13(5)27-15(25)8-7-14-10(2)22-23(6)19(14)20/h7-8,13,21H,1-6H3/b8-7+. The number of hydrogen-bond donors (Lipinski definition) is 1. The molecule has 1 N–H and O–H groups in total. The number of nitrogens with zero attached hydrogens (tertiary/aromatic N) is 2. The summed E-state index contributed by atoms with van der Waals surface area (Å²) in [4.78, 5) is 39.3. The lowest BCUT2D eigenvalue weighted by atomic mass is 10.0. The van der Waals surface area contributed by atoms with E-state index >= 15 is 0 Å². The molecule has 0 amide bonds. The third-order valence-corrected chi connectivity index (χ3v) is 4.73. The van der Waals surface area contributed by atoms with E-state index in [1.54, 1.807) is 27.8 Å². The molecule has 0 spiro atoms. The Labute approximate surface area is 162 Å². The van der Waals surface area contributed by atoms with Crippen LogP contribution in [0.4, 0.5) is 0 Å². The van der Waals surface area contributed by atoms with Gasteiger partial charge in [0.25, 0.3) is 0 Å². The molecule has 2 aromatic rings. The summed E-state index contributed by atoms with van der Waals surface area (Å²) in [7, 11) is 1.70. The second-order valence-electron chi connectivity index (χ2n) is 6.37. The first-order valence-electron chi connectivity index (χ1n) is 8.36. The maximum Gasteiger partial charge on any atom is 0.331 e. The van der Waals surface area contributed by atoms with Crippen LogP contribution in [0.5, 0.6) is 0 Å². The lowest BCUT2D eigenvalue weighted by molar-refractivity contribution is -0.140. The van der Waals surface area contributed by atoms with E-state index in [-0.39, 0.29) is 11.5 Å². The van der Waals surface area contributed by atoms with E-state index in [2.05, 4.69) is 10.1 Å². The van der Waals surface area contributed by atoms with E-state index in [0.29, 0.717) is 33.2 Å². The van der Waals surface area contributed by atoms with Crippen molar-refractivity contribution in [2.24, 2.45) is 7.05 Å². The Hall–Kier alpha value is -2.67. The molecule has 2 aromatic heterocycles. The van der Waals surface area contributed by atoms with E-state index in [9.17, 15) is 14.4 Å². The van der Waals surface area contributed by atoms with Gasteiger partial charge in [0.2, 0.25) is 5.78 Å². The predicted molar refractivity (Wildman–Crippen MR) is 102 cm³/mol. The third-order valence-electron chi connectivity index (χ3n) is 4.28. The molecule has 0 bridgehead atoms. The average Bonchev–Trinajstić information content (AvgIpc) is 3.00. The number of ketones is 2. The molecule has 2 heterocycles. The highest BCUT2D eigenvalue weighted by Crippen LogP contribution is 2.21. The molecule has 0 aliphatic heterocycles. The molecule has 0 aliphatic carbocycles. The quantitative estimate of drug-likeness (QED) is 0.463. The second-order valence-corrected chi connectivity index (χ2v) is 6.73. The topological polar surface area (TPSA) is 94.0 Å². The van der Waals surface area contributed by atoms with Crippen molar-refractivity contribution in [1.82, 2.24) is 14.8 Å². The number of hydrogen-bond acceptors (Lipinski definition) is 5. The molecule has 0 aliphatic rings. The lowest BCUT2D eigenvalue weighted by Crippen LogP contribution is -2.24. The SMILES string of the molecule is CC(=O)c1c(C)[nH]c(C(=O)C(C)OC(=O)/C=C/c2c(C)nn(C)c2Cl)c1C. The van der Waals surface area contributed by atoms with Crippen LogP contribution in [-0.4, -0.2) is 38.4 Å². The zero-order valence-electron chi connectivity index (χ0n) is 16.1. The Morgan fingerprint density at radius 3 is 2.37 bits per heavy atom. The molecule has 0 saturated carbocycles. The summed E-state index contributed by atoms with van der Waals surface area (Å²) < 4.78 is 6.69. The third kappa shape index (κ3) is 4.19. The number of H-pyrrole nitrogens is 1. The molecule has 27 heavy (non-hydrogen) atoms. The van der Waals surface area contributed by atoms with E-state index in [0.717, 1.165) is 0 Å². The number of Topliss-reactive ketones (excluding diaryl/α,β-unsaturated/α-hetero) is 2. The van der Waals surface area contributed by atoms with Gasteiger partial charge >= 0.3 is 5.97 Å². The fourth-order valence-corrected chi connectivity index (χ4v) is 3.22. The van der Waals surface area contributed by atoms with Crippen LogP contribution < -0.4 is 0 Å². The molecule has 7 nitrogen and oxygen atoms in total. The number of rotatable bonds is 6. The van der Waals surface area contributed by atoms with Crippen molar-refractivity contribution in [3.63, 3.8) is 0 Å². The minimum absolute atomic E-state index is 0.128. The summed E-state index contributed by atoms with van der Waals surface area (Å²) in [6.45, 7) is 8.11. The van der Waals surface area contributed by atoms with Crippen molar-refractivity contribution in [1.29, 1.82) is 0 Å². The molecular formula is C19H22ClN3O4.